The van der Waals surface area contributed by atoms with Crippen LogP contribution in [-0.4, -0.2) is 92.1 Å². The Morgan fingerprint density at radius 1 is 1.12 bits per heavy atom. The summed E-state index contributed by atoms with van der Waals surface area (Å²) in [5, 5.41) is 0. The fourth-order valence-electron chi connectivity index (χ4n) is 9.98. The van der Waals surface area contributed by atoms with Crippen LogP contribution in [0.15, 0.2) is 0 Å². The maximum atomic E-state index is 14.5. The highest BCUT2D eigenvalue weighted by atomic mass is 19.4. The van der Waals surface area contributed by atoms with Gasteiger partial charge < -0.3 is 14.5 Å². The van der Waals surface area contributed by atoms with Gasteiger partial charge in [0.2, 0.25) is 5.91 Å². The first-order valence-corrected chi connectivity index (χ1v) is 15.9. The molecule has 7 fully saturated rings. The van der Waals surface area contributed by atoms with Gasteiger partial charge in [-0.1, -0.05) is 13.3 Å². The molecule has 7 nitrogen and oxygen atoms in total. The lowest BCUT2D eigenvalue weighted by atomic mass is 9.59. The van der Waals surface area contributed by atoms with E-state index in [1.165, 1.54) is 19.3 Å². The van der Waals surface area contributed by atoms with Crippen molar-refractivity contribution in [3.8, 4) is 0 Å². The number of halogens is 3. The molecule has 40 heavy (non-hydrogen) atoms. The lowest BCUT2D eigenvalue weighted by Crippen LogP contribution is -2.61. The van der Waals surface area contributed by atoms with E-state index in [0.29, 0.717) is 30.2 Å². The molecule has 4 heterocycles. The molecule has 4 saturated heterocycles. The molecule has 2 N–H and O–H groups in total. The van der Waals surface area contributed by atoms with Gasteiger partial charge in [-0.25, -0.2) is 10.9 Å². The second-order valence-electron chi connectivity index (χ2n) is 14.9. The summed E-state index contributed by atoms with van der Waals surface area (Å²) in [6.07, 6.45) is 4.47. The Morgan fingerprint density at radius 3 is 2.55 bits per heavy atom. The van der Waals surface area contributed by atoms with Gasteiger partial charge >= 0.3 is 6.18 Å². The number of alkyl halides is 3. The highest BCUT2D eigenvalue weighted by Crippen LogP contribution is 2.55. The molecule has 0 aromatic rings. The fraction of sp³-hybridized carbons (Fsp3) is 0.967. The third kappa shape index (κ3) is 4.72. The maximum absolute atomic E-state index is 14.5. The Hall–Kier alpha value is -0.940. The number of hydrogen-bond acceptors (Lipinski definition) is 6. The molecule has 0 bridgehead atoms. The van der Waals surface area contributed by atoms with Crippen molar-refractivity contribution >= 4 is 5.91 Å². The number of carbonyl (C=O) groups is 1. The quantitative estimate of drug-likeness (QED) is 0.511. The van der Waals surface area contributed by atoms with Crippen molar-refractivity contribution < 1.29 is 22.7 Å². The molecule has 0 aromatic carbocycles. The summed E-state index contributed by atoms with van der Waals surface area (Å²) in [6, 6.07) is 0.0505. The van der Waals surface area contributed by atoms with E-state index < -0.39 is 23.9 Å². The van der Waals surface area contributed by atoms with Crippen LogP contribution in [0.5, 0.6) is 0 Å². The van der Waals surface area contributed by atoms with Gasteiger partial charge in [0.15, 0.2) is 0 Å². The molecular formula is C30H48F3N5O2. The van der Waals surface area contributed by atoms with E-state index in [0.717, 1.165) is 65.2 Å². The monoisotopic (exact) mass is 567 g/mol. The van der Waals surface area contributed by atoms with E-state index in [9.17, 15) is 18.0 Å². The van der Waals surface area contributed by atoms with Crippen LogP contribution in [-0.2, 0) is 9.53 Å². The van der Waals surface area contributed by atoms with Crippen LogP contribution >= 0.6 is 0 Å². The topological polar surface area (TPSA) is 60.1 Å². The number of ether oxygens (including phenoxy) is 1. The first-order valence-electron chi connectivity index (χ1n) is 15.9. The third-order valence-corrected chi connectivity index (χ3v) is 12.7. The third-order valence-electron chi connectivity index (χ3n) is 12.7. The predicted octanol–water partition coefficient (Wildman–Crippen LogP) is 3.67. The molecular weight excluding hydrogens is 519 g/mol. The first-order chi connectivity index (χ1) is 19.1. The van der Waals surface area contributed by atoms with E-state index in [2.05, 4.69) is 34.6 Å². The van der Waals surface area contributed by atoms with Gasteiger partial charge in [-0.05, 0) is 94.0 Å². The van der Waals surface area contributed by atoms with Crippen LogP contribution in [0.3, 0.4) is 0 Å². The fourth-order valence-corrected chi connectivity index (χ4v) is 9.98. The van der Waals surface area contributed by atoms with Crippen molar-refractivity contribution in [1.29, 1.82) is 0 Å². The summed E-state index contributed by atoms with van der Waals surface area (Å²) in [5.74, 6) is -1.65. The van der Waals surface area contributed by atoms with Gasteiger partial charge in [0.05, 0.1) is 32.0 Å². The van der Waals surface area contributed by atoms with Crippen molar-refractivity contribution in [3.05, 3.63) is 0 Å². The zero-order chi connectivity index (χ0) is 27.9. The summed E-state index contributed by atoms with van der Waals surface area (Å²) >= 11 is 0. The Kier molecular flexibility index (Phi) is 7.01. The molecule has 8 unspecified atom stereocenters. The summed E-state index contributed by atoms with van der Waals surface area (Å²) in [6.45, 7) is 7.64. The number of hydrazine groups is 1. The first kappa shape index (κ1) is 27.9. The highest BCUT2D eigenvalue weighted by Gasteiger charge is 2.59. The average Bonchev–Trinajstić information content (AvgIpc) is 3.16. The Labute approximate surface area is 236 Å². The van der Waals surface area contributed by atoms with Crippen LogP contribution in [0.25, 0.3) is 0 Å². The van der Waals surface area contributed by atoms with Gasteiger partial charge in [-0.2, -0.15) is 13.2 Å². The molecule has 1 amide bonds. The largest absolute Gasteiger partial charge is 0.392 e. The lowest BCUT2D eigenvalue weighted by Gasteiger charge is -2.55. The predicted molar refractivity (Wildman–Crippen MR) is 145 cm³/mol. The summed E-state index contributed by atoms with van der Waals surface area (Å²) in [5.41, 5.74) is 7.19. The summed E-state index contributed by atoms with van der Waals surface area (Å²) < 4.78 is 49.2. The van der Waals surface area contributed by atoms with Crippen molar-refractivity contribution in [2.24, 2.45) is 46.3 Å². The zero-order valence-corrected chi connectivity index (χ0v) is 24.2. The van der Waals surface area contributed by atoms with Crippen LogP contribution in [0.2, 0.25) is 0 Å². The zero-order valence-electron chi connectivity index (χ0n) is 24.2. The van der Waals surface area contributed by atoms with Gasteiger partial charge in [0.25, 0.3) is 0 Å². The lowest BCUT2D eigenvalue weighted by molar-refractivity contribution is -0.204. The molecule has 7 rings (SSSR count). The maximum Gasteiger partial charge on any atom is 0.392 e. The van der Waals surface area contributed by atoms with E-state index in [4.69, 9.17) is 4.74 Å². The van der Waals surface area contributed by atoms with Crippen LogP contribution < -0.4 is 10.9 Å². The molecule has 7 aliphatic rings. The van der Waals surface area contributed by atoms with Gasteiger partial charge in [-0.15, -0.1) is 0 Å². The molecule has 10 heteroatoms. The van der Waals surface area contributed by atoms with E-state index in [-0.39, 0.29) is 35.9 Å². The minimum atomic E-state index is -4.24. The van der Waals surface area contributed by atoms with Gasteiger partial charge in [-0.3, -0.25) is 9.69 Å². The molecule has 1 spiro atoms. The number of likely N-dealkylation sites (tertiary alicyclic amines) is 2. The molecule has 0 radical (unpaired) electrons. The Balaban J connectivity index is 1.05. The van der Waals surface area contributed by atoms with E-state index in [1.54, 1.807) is 0 Å². The summed E-state index contributed by atoms with van der Waals surface area (Å²) in [7, 11) is 2.12. The van der Waals surface area contributed by atoms with Crippen molar-refractivity contribution in [3.63, 3.8) is 0 Å². The minimum absolute atomic E-state index is 0.0167. The number of amides is 1. The summed E-state index contributed by atoms with van der Waals surface area (Å²) in [4.78, 5) is 20.6. The molecule has 0 aromatic heterocycles. The number of rotatable bonds is 6. The van der Waals surface area contributed by atoms with E-state index >= 15 is 0 Å². The molecule has 8 atom stereocenters. The van der Waals surface area contributed by atoms with Crippen LogP contribution in [0.4, 0.5) is 13.2 Å². The second-order valence-corrected chi connectivity index (χ2v) is 14.9. The molecule has 226 valence electrons. The number of nitrogens with zero attached hydrogens (tertiary/aromatic N) is 3. The normalized spacial score (nSPS) is 42.3. The van der Waals surface area contributed by atoms with Crippen molar-refractivity contribution in [2.45, 2.75) is 83.1 Å². The Bertz CT molecular complexity index is 971. The average molecular weight is 568 g/mol. The van der Waals surface area contributed by atoms with Crippen LogP contribution in [0, 0.1) is 46.3 Å². The van der Waals surface area contributed by atoms with Gasteiger partial charge in [0, 0.05) is 37.0 Å². The van der Waals surface area contributed by atoms with Crippen molar-refractivity contribution in [2.75, 3.05) is 53.1 Å². The van der Waals surface area contributed by atoms with Gasteiger partial charge in [0.1, 0.15) is 0 Å². The Morgan fingerprint density at radius 2 is 1.93 bits per heavy atom. The smallest absolute Gasteiger partial charge is 0.380 e. The molecule has 3 aliphatic carbocycles. The molecule has 4 aliphatic heterocycles. The number of fused-ring (bicyclic) bond motifs is 1. The SMILES string of the molecule is CC(C1NNCN1C)C1(C2CCCC(N3CC4C(CC(CN5CCC6(CC6)C5)CC4C(F)(F)F)C3=O)C2)COC1. The standard InChI is InChI=1S/C30H48F3N5O2/c1-19(26-35-34-18-36(26)2)29(16-40-17-29)21-4-3-5-22(12-21)38-14-24-23(27(38)39)10-20(11-25(24)30(31,32)33)13-37-9-8-28(15-37)6-7-28/h19-26,34-35H,3-18H2,1-2H3. The van der Waals surface area contributed by atoms with Crippen molar-refractivity contribution in [1.82, 2.24) is 25.6 Å². The second kappa shape index (κ2) is 10.1. The number of hydrogen-bond donors (Lipinski definition) is 2. The minimum Gasteiger partial charge on any atom is -0.380 e. The van der Waals surface area contributed by atoms with E-state index in [1.807, 2.05) is 4.90 Å². The highest BCUT2D eigenvalue weighted by molar-refractivity contribution is 5.82. The number of nitrogens with one attached hydrogen (secondary N) is 2. The number of carbonyl (C=O) groups excluding carboxylic acids is 1. The van der Waals surface area contributed by atoms with Crippen LogP contribution in [0.1, 0.15) is 64.7 Å². The molecule has 3 saturated carbocycles.